The van der Waals surface area contributed by atoms with Crippen molar-refractivity contribution in [3.05, 3.63) is 23.8 Å². The molecule has 0 bridgehead atoms. The van der Waals surface area contributed by atoms with Crippen LogP contribution in [0.5, 0.6) is 11.5 Å². The molecule has 5 nitrogen and oxygen atoms in total. The largest absolute Gasteiger partial charge is 0.493 e. The van der Waals surface area contributed by atoms with Crippen LogP contribution in [0.2, 0.25) is 0 Å². The first-order valence-corrected chi connectivity index (χ1v) is 5.25. The molecule has 1 aromatic carbocycles. The van der Waals surface area contributed by atoms with Crippen molar-refractivity contribution in [1.29, 1.82) is 5.41 Å². The molecule has 5 heteroatoms. The van der Waals surface area contributed by atoms with Crippen LogP contribution in [-0.2, 0) is 4.74 Å². The van der Waals surface area contributed by atoms with E-state index in [2.05, 4.69) is 0 Å². The van der Waals surface area contributed by atoms with Gasteiger partial charge in [-0.25, -0.2) is 0 Å². The highest BCUT2D eigenvalue weighted by Gasteiger charge is 2.21. The smallest absolute Gasteiger partial charge is 0.215 e. The number of benzene rings is 1. The van der Waals surface area contributed by atoms with E-state index in [1.807, 2.05) is 0 Å². The summed E-state index contributed by atoms with van der Waals surface area (Å²) in [7, 11) is 3.00. The number of para-hydroxylation sites is 1. The second-order valence-electron chi connectivity index (χ2n) is 3.28. The second kappa shape index (κ2) is 6.10. The fourth-order valence-corrected chi connectivity index (χ4v) is 1.50. The minimum Gasteiger partial charge on any atom is -0.493 e. The van der Waals surface area contributed by atoms with Crippen LogP contribution in [0, 0.1) is 5.41 Å². The molecule has 1 unspecified atom stereocenters. The lowest BCUT2D eigenvalue weighted by atomic mass is 10.1. The van der Waals surface area contributed by atoms with Gasteiger partial charge in [0.2, 0.25) is 5.90 Å². The molecule has 0 saturated carbocycles. The summed E-state index contributed by atoms with van der Waals surface area (Å²) in [6.07, 6.45) is -1.15. The van der Waals surface area contributed by atoms with E-state index in [-0.39, 0.29) is 5.90 Å². The lowest BCUT2D eigenvalue weighted by Crippen LogP contribution is -2.15. The Labute approximate surface area is 100 Å². The molecule has 0 aromatic heterocycles. The minimum absolute atomic E-state index is 0.209. The Kier molecular flexibility index (Phi) is 4.78. The Morgan fingerprint density at radius 3 is 2.59 bits per heavy atom. The molecule has 0 spiro atoms. The van der Waals surface area contributed by atoms with Crippen LogP contribution in [0.1, 0.15) is 18.6 Å². The lowest BCUT2D eigenvalue weighted by Gasteiger charge is -2.17. The summed E-state index contributed by atoms with van der Waals surface area (Å²) in [6.45, 7) is 2.09. The van der Waals surface area contributed by atoms with Crippen molar-refractivity contribution in [1.82, 2.24) is 0 Å². The molecular formula is C12H17NO4. The summed E-state index contributed by atoms with van der Waals surface area (Å²) >= 11 is 0. The summed E-state index contributed by atoms with van der Waals surface area (Å²) < 4.78 is 15.3. The number of hydrogen-bond acceptors (Lipinski definition) is 5. The maximum Gasteiger partial charge on any atom is 0.215 e. The van der Waals surface area contributed by atoms with E-state index in [1.54, 1.807) is 25.1 Å². The van der Waals surface area contributed by atoms with Gasteiger partial charge in [0.15, 0.2) is 17.6 Å². The number of ether oxygens (including phenoxy) is 3. The van der Waals surface area contributed by atoms with Gasteiger partial charge in [0.05, 0.1) is 20.8 Å². The first-order valence-electron chi connectivity index (χ1n) is 5.25. The molecule has 0 aliphatic rings. The van der Waals surface area contributed by atoms with E-state index < -0.39 is 6.10 Å². The molecule has 0 radical (unpaired) electrons. The van der Waals surface area contributed by atoms with Gasteiger partial charge in [-0.1, -0.05) is 12.1 Å². The summed E-state index contributed by atoms with van der Waals surface area (Å²) in [5, 5.41) is 17.5. The zero-order valence-corrected chi connectivity index (χ0v) is 10.2. The molecule has 1 atom stereocenters. The van der Waals surface area contributed by atoms with E-state index in [0.29, 0.717) is 23.7 Å². The highest BCUT2D eigenvalue weighted by atomic mass is 16.5. The fraction of sp³-hybridized carbons (Fsp3) is 0.417. The average Bonchev–Trinajstić information content (AvgIpc) is 2.36. The third kappa shape index (κ3) is 2.88. The number of methoxy groups -OCH3 is 2. The number of aliphatic hydroxyl groups is 1. The van der Waals surface area contributed by atoms with Crippen molar-refractivity contribution in [2.75, 3.05) is 20.8 Å². The van der Waals surface area contributed by atoms with E-state index in [0.717, 1.165) is 0 Å². The summed E-state index contributed by atoms with van der Waals surface area (Å²) in [5.41, 5.74) is 0.449. The summed E-state index contributed by atoms with van der Waals surface area (Å²) in [4.78, 5) is 0. The van der Waals surface area contributed by atoms with Crippen LogP contribution in [0.3, 0.4) is 0 Å². The second-order valence-corrected chi connectivity index (χ2v) is 3.28. The molecule has 0 heterocycles. The van der Waals surface area contributed by atoms with E-state index >= 15 is 0 Å². The monoisotopic (exact) mass is 239 g/mol. The first-order chi connectivity index (χ1) is 8.15. The van der Waals surface area contributed by atoms with Gasteiger partial charge in [-0.15, -0.1) is 0 Å². The van der Waals surface area contributed by atoms with Crippen molar-refractivity contribution < 1.29 is 19.3 Å². The maximum atomic E-state index is 9.97. The normalized spacial score (nSPS) is 11.8. The van der Waals surface area contributed by atoms with Crippen LogP contribution in [-0.4, -0.2) is 31.8 Å². The van der Waals surface area contributed by atoms with Crippen LogP contribution >= 0.6 is 0 Å². The topological polar surface area (TPSA) is 71.8 Å². The lowest BCUT2D eigenvalue weighted by molar-refractivity contribution is 0.186. The van der Waals surface area contributed by atoms with Crippen LogP contribution in [0.25, 0.3) is 0 Å². The van der Waals surface area contributed by atoms with Crippen LogP contribution in [0.15, 0.2) is 18.2 Å². The molecule has 94 valence electrons. The van der Waals surface area contributed by atoms with Gasteiger partial charge in [0, 0.05) is 5.56 Å². The molecule has 0 saturated heterocycles. The van der Waals surface area contributed by atoms with Crippen LogP contribution < -0.4 is 9.47 Å². The Morgan fingerprint density at radius 1 is 1.35 bits per heavy atom. The first kappa shape index (κ1) is 13.3. The number of rotatable bonds is 5. The Hall–Kier alpha value is -1.75. The van der Waals surface area contributed by atoms with Gasteiger partial charge < -0.3 is 19.3 Å². The zero-order chi connectivity index (χ0) is 12.8. The van der Waals surface area contributed by atoms with Gasteiger partial charge in [0.1, 0.15) is 0 Å². The van der Waals surface area contributed by atoms with E-state index in [4.69, 9.17) is 19.6 Å². The van der Waals surface area contributed by atoms with Gasteiger partial charge in [-0.05, 0) is 13.0 Å². The van der Waals surface area contributed by atoms with Crippen molar-refractivity contribution in [2.45, 2.75) is 13.0 Å². The Balaban J connectivity index is 3.08. The third-order valence-corrected chi connectivity index (χ3v) is 2.28. The number of hydrogen-bond donors (Lipinski definition) is 2. The average molecular weight is 239 g/mol. The number of aliphatic hydroxyl groups excluding tert-OH is 1. The van der Waals surface area contributed by atoms with E-state index in [1.165, 1.54) is 14.2 Å². The molecule has 1 aromatic rings. The fourth-order valence-electron chi connectivity index (χ4n) is 1.50. The standard InChI is InChI=1S/C12H17NO4/c1-4-17-12(13)10(14)8-6-5-7-9(15-2)11(8)16-3/h5-7,10,13-14H,4H2,1-3H3. The summed E-state index contributed by atoms with van der Waals surface area (Å²) in [6, 6.07) is 5.11. The van der Waals surface area contributed by atoms with Crippen molar-refractivity contribution in [3.8, 4) is 11.5 Å². The zero-order valence-electron chi connectivity index (χ0n) is 10.2. The van der Waals surface area contributed by atoms with Crippen molar-refractivity contribution in [3.63, 3.8) is 0 Å². The molecule has 17 heavy (non-hydrogen) atoms. The third-order valence-electron chi connectivity index (χ3n) is 2.28. The highest BCUT2D eigenvalue weighted by molar-refractivity contribution is 5.80. The molecule has 0 aliphatic heterocycles. The Bertz CT molecular complexity index is 392. The predicted octanol–water partition coefficient (Wildman–Crippen LogP) is 1.75. The highest BCUT2D eigenvalue weighted by Crippen LogP contribution is 2.34. The van der Waals surface area contributed by atoms with E-state index in [9.17, 15) is 5.11 Å². The minimum atomic E-state index is -1.15. The summed E-state index contributed by atoms with van der Waals surface area (Å²) in [5.74, 6) is 0.708. The predicted molar refractivity (Wildman–Crippen MR) is 63.9 cm³/mol. The van der Waals surface area contributed by atoms with Crippen molar-refractivity contribution >= 4 is 5.90 Å². The Morgan fingerprint density at radius 2 is 2.06 bits per heavy atom. The van der Waals surface area contributed by atoms with Gasteiger partial charge in [0.25, 0.3) is 0 Å². The SMILES string of the molecule is CCOC(=N)C(O)c1cccc(OC)c1OC. The number of nitrogens with one attached hydrogen (secondary N) is 1. The van der Waals surface area contributed by atoms with Crippen molar-refractivity contribution in [2.24, 2.45) is 0 Å². The molecule has 2 N–H and O–H groups in total. The molecule has 0 aliphatic carbocycles. The van der Waals surface area contributed by atoms with Gasteiger partial charge >= 0.3 is 0 Å². The molecule has 0 fully saturated rings. The maximum absolute atomic E-state index is 9.97. The van der Waals surface area contributed by atoms with Crippen LogP contribution in [0.4, 0.5) is 0 Å². The molecular weight excluding hydrogens is 222 g/mol. The molecule has 1 rings (SSSR count). The quantitative estimate of drug-likeness (QED) is 0.606. The van der Waals surface area contributed by atoms with Gasteiger partial charge in [-0.3, -0.25) is 5.41 Å². The molecule has 0 amide bonds. The van der Waals surface area contributed by atoms with Gasteiger partial charge in [-0.2, -0.15) is 0 Å².